The fourth-order valence-electron chi connectivity index (χ4n) is 2.66. The second-order valence-corrected chi connectivity index (χ2v) is 6.42. The van der Waals surface area contributed by atoms with E-state index in [0.717, 1.165) is 21.7 Å². The number of benzene rings is 1. The molecule has 0 aliphatic carbocycles. The minimum Gasteiger partial charge on any atom is -0.330 e. The quantitative estimate of drug-likeness (QED) is 0.706. The number of aryl methyl sites for hydroxylation is 1. The lowest BCUT2D eigenvalue weighted by Gasteiger charge is -2.13. The minimum atomic E-state index is 0.0611. The second-order valence-electron chi connectivity index (χ2n) is 5.51. The van der Waals surface area contributed by atoms with Gasteiger partial charge >= 0.3 is 0 Å². The van der Waals surface area contributed by atoms with Crippen LogP contribution in [0.25, 0.3) is 11.3 Å². The topological polar surface area (TPSA) is 60.9 Å². The van der Waals surface area contributed by atoms with Crippen LogP contribution >= 0.6 is 11.3 Å². The van der Waals surface area contributed by atoms with Crippen LogP contribution in [0.4, 0.5) is 0 Å². The van der Waals surface area contributed by atoms with E-state index in [2.05, 4.69) is 5.10 Å². The Labute approximate surface area is 139 Å². The molecule has 3 rings (SSSR count). The van der Waals surface area contributed by atoms with Gasteiger partial charge in [-0.25, -0.2) is 0 Å². The van der Waals surface area contributed by atoms with Crippen molar-refractivity contribution in [1.29, 1.82) is 0 Å². The highest BCUT2D eigenvalue weighted by Crippen LogP contribution is 2.28. The van der Waals surface area contributed by atoms with E-state index in [4.69, 9.17) is 5.73 Å². The van der Waals surface area contributed by atoms with Gasteiger partial charge in [0.25, 0.3) is 0 Å². The zero-order valence-corrected chi connectivity index (χ0v) is 13.8. The largest absolute Gasteiger partial charge is 0.330 e. The zero-order chi connectivity index (χ0) is 16.2. The minimum absolute atomic E-state index is 0.0611. The van der Waals surface area contributed by atoms with Crippen molar-refractivity contribution in [3.05, 3.63) is 64.5 Å². The van der Waals surface area contributed by atoms with Crippen LogP contribution in [0.5, 0.6) is 0 Å². The number of hydrogen-bond acceptors (Lipinski definition) is 4. The smallest absolute Gasteiger partial charge is 0.173 e. The van der Waals surface area contributed by atoms with Crippen molar-refractivity contribution in [2.24, 2.45) is 12.8 Å². The van der Waals surface area contributed by atoms with Gasteiger partial charge in [0.1, 0.15) is 0 Å². The zero-order valence-electron chi connectivity index (χ0n) is 13.0. The molecule has 2 N–H and O–H groups in total. The monoisotopic (exact) mass is 325 g/mol. The molecule has 0 spiro atoms. The Balaban J connectivity index is 1.76. The first-order valence-corrected chi connectivity index (χ1v) is 8.42. The molecule has 0 amide bonds. The van der Waals surface area contributed by atoms with Gasteiger partial charge in [0.2, 0.25) is 0 Å². The normalized spacial score (nSPS) is 12.3. The Morgan fingerprint density at radius 2 is 2.09 bits per heavy atom. The summed E-state index contributed by atoms with van der Waals surface area (Å²) < 4.78 is 1.81. The number of aromatic nitrogens is 2. The van der Waals surface area contributed by atoms with Gasteiger partial charge in [0.15, 0.2) is 5.78 Å². The van der Waals surface area contributed by atoms with Crippen molar-refractivity contribution < 1.29 is 4.79 Å². The van der Waals surface area contributed by atoms with Gasteiger partial charge in [-0.05, 0) is 24.2 Å². The van der Waals surface area contributed by atoms with E-state index in [1.165, 1.54) is 11.3 Å². The highest BCUT2D eigenvalue weighted by atomic mass is 32.1. The van der Waals surface area contributed by atoms with Crippen LogP contribution in [0.15, 0.2) is 54.0 Å². The molecule has 0 saturated carbocycles. The number of nitrogens with zero attached hydrogens (tertiary/aromatic N) is 2. The summed E-state index contributed by atoms with van der Waals surface area (Å²) in [5, 5.41) is 6.17. The molecule has 0 saturated heterocycles. The van der Waals surface area contributed by atoms with Gasteiger partial charge in [0, 0.05) is 36.5 Å². The lowest BCUT2D eigenvalue weighted by molar-refractivity contribution is 0.0978. The Bertz CT molecular complexity index is 791. The van der Waals surface area contributed by atoms with Gasteiger partial charge in [-0.3, -0.25) is 9.48 Å². The Kier molecular flexibility index (Phi) is 4.69. The van der Waals surface area contributed by atoms with Gasteiger partial charge in [-0.1, -0.05) is 30.3 Å². The highest BCUT2D eigenvalue weighted by molar-refractivity contribution is 7.12. The summed E-state index contributed by atoms with van der Waals surface area (Å²) in [6.45, 7) is 0.468. The number of carbonyl (C=O) groups is 1. The fourth-order valence-corrected chi connectivity index (χ4v) is 3.51. The van der Waals surface area contributed by atoms with E-state index >= 15 is 0 Å². The van der Waals surface area contributed by atoms with Crippen molar-refractivity contribution in [3.63, 3.8) is 0 Å². The molecule has 5 heteroatoms. The van der Waals surface area contributed by atoms with Crippen LogP contribution in [-0.4, -0.2) is 22.1 Å². The first-order valence-electron chi connectivity index (χ1n) is 7.54. The third kappa shape index (κ3) is 3.41. The van der Waals surface area contributed by atoms with E-state index in [9.17, 15) is 4.79 Å². The summed E-state index contributed by atoms with van der Waals surface area (Å²) >= 11 is 1.48. The third-order valence-electron chi connectivity index (χ3n) is 3.98. The highest BCUT2D eigenvalue weighted by Gasteiger charge is 2.18. The number of carbonyl (C=O) groups excluding carboxylic acids is 1. The maximum absolute atomic E-state index is 12.6. The molecule has 118 valence electrons. The van der Waals surface area contributed by atoms with Gasteiger partial charge in [-0.2, -0.15) is 5.10 Å². The summed E-state index contributed by atoms with van der Waals surface area (Å²) in [6, 6.07) is 13.9. The molecule has 1 atom stereocenters. The van der Waals surface area contributed by atoms with Crippen LogP contribution in [0, 0.1) is 0 Å². The van der Waals surface area contributed by atoms with Crippen molar-refractivity contribution >= 4 is 17.1 Å². The fraction of sp³-hybridized carbons (Fsp3) is 0.222. The van der Waals surface area contributed by atoms with Crippen LogP contribution in [-0.2, 0) is 7.05 Å². The maximum Gasteiger partial charge on any atom is 0.173 e. The first kappa shape index (κ1) is 15.6. The maximum atomic E-state index is 12.6. The van der Waals surface area contributed by atoms with Crippen molar-refractivity contribution in [1.82, 2.24) is 9.78 Å². The molecule has 0 fully saturated rings. The number of nitrogens with two attached hydrogens (primary N) is 1. The molecule has 23 heavy (non-hydrogen) atoms. The van der Waals surface area contributed by atoms with Crippen molar-refractivity contribution in [3.8, 4) is 11.3 Å². The summed E-state index contributed by atoms with van der Waals surface area (Å²) in [4.78, 5) is 13.4. The summed E-state index contributed by atoms with van der Waals surface area (Å²) in [6.07, 6.45) is 2.19. The first-order chi connectivity index (χ1) is 11.2. The van der Waals surface area contributed by atoms with Gasteiger partial charge in [-0.15, -0.1) is 11.3 Å². The summed E-state index contributed by atoms with van der Waals surface area (Å²) in [5.74, 6) is 0.202. The molecule has 0 bridgehead atoms. The van der Waals surface area contributed by atoms with Crippen LogP contribution in [0.2, 0.25) is 0 Å². The number of hydrogen-bond donors (Lipinski definition) is 1. The molecule has 3 aromatic rings. The average molecular weight is 325 g/mol. The lowest BCUT2D eigenvalue weighted by Crippen LogP contribution is -2.16. The molecule has 2 aromatic heterocycles. The van der Waals surface area contributed by atoms with E-state index in [-0.39, 0.29) is 11.7 Å². The van der Waals surface area contributed by atoms with Crippen LogP contribution < -0.4 is 5.73 Å². The summed E-state index contributed by atoms with van der Waals surface area (Å²) in [7, 11) is 1.90. The second kappa shape index (κ2) is 6.89. The standard InChI is InChI=1S/C18H19N3OS/c1-21-16(7-8-20-21)15-10-18(23-12-15)17(22)9-14(11-19)13-5-3-2-4-6-13/h2-8,10,12,14H,9,11,19H2,1H3/t14-/m0/s1. The molecule has 0 radical (unpaired) electrons. The molecule has 0 aliphatic rings. The van der Waals surface area contributed by atoms with Crippen molar-refractivity contribution in [2.45, 2.75) is 12.3 Å². The van der Waals surface area contributed by atoms with E-state index in [1.54, 1.807) is 6.20 Å². The third-order valence-corrected chi connectivity index (χ3v) is 4.95. The average Bonchev–Trinajstić information content (AvgIpc) is 3.21. The molecule has 1 aromatic carbocycles. The lowest BCUT2D eigenvalue weighted by atomic mass is 9.93. The van der Waals surface area contributed by atoms with E-state index < -0.39 is 0 Å². The van der Waals surface area contributed by atoms with Gasteiger partial charge < -0.3 is 5.73 Å². The Morgan fingerprint density at radius 3 is 2.74 bits per heavy atom. The van der Waals surface area contributed by atoms with Crippen LogP contribution in [0.1, 0.15) is 27.6 Å². The SMILES string of the molecule is Cn1nccc1-c1csc(C(=O)C[C@@H](CN)c2ccccc2)c1. The number of thiophene rings is 1. The molecule has 4 nitrogen and oxygen atoms in total. The van der Waals surface area contributed by atoms with Gasteiger partial charge in [0.05, 0.1) is 10.6 Å². The van der Waals surface area contributed by atoms with E-state index in [0.29, 0.717) is 13.0 Å². The molecular formula is C18H19N3OS. The van der Waals surface area contributed by atoms with Crippen molar-refractivity contribution in [2.75, 3.05) is 6.54 Å². The number of rotatable bonds is 6. The Hall–Kier alpha value is -2.24. The molecule has 2 heterocycles. The summed E-state index contributed by atoms with van der Waals surface area (Å²) in [5.41, 5.74) is 9.03. The molecule has 0 unspecified atom stereocenters. The number of ketones is 1. The Morgan fingerprint density at radius 1 is 1.30 bits per heavy atom. The predicted molar refractivity (Wildman–Crippen MR) is 93.7 cm³/mol. The van der Waals surface area contributed by atoms with E-state index in [1.807, 2.05) is 59.6 Å². The van der Waals surface area contributed by atoms with Crippen LogP contribution in [0.3, 0.4) is 0 Å². The molecule has 0 aliphatic heterocycles. The predicted octanol–water partition coefficient (Wildman–Crippen LogP) is 3.46. The molecular weight excluding hydrogens is 306 g/mol. The number of Topliss-reactive ketones (excluding diaryl/α,β-unsaturated/α-hetero) is 1.